The second-order valence-corrected chi connectivity index (χ2v) is 6.25. The van der Waals surface area contributed by atoms with Gasteiger partial charge < -0.3 is 10.3 Å². The molecule has 0 aliphatic heterocycles. The van der Waals surface area contributed by atoms with Crippen LogP contribution in [0.3, 0.4) is 0 Å². The van der Waals surface area contributed by atoms with Crippen LogP contribution < -0.4 is 5.73 Å². The third kappa shape index (κ3) is 3.53. The maximum absolute atomic E-state index is 6.08. The van der Waals surface area contributed by atoms with Crippen LogP contribution in [0, 0.1) is 11.3 Å². The predicted octanol–water partition coefficient (Wildman–Crippen LogP) is 2.88. The Bertz CT molecular complexity index is 363. The molecule has 2 N–H and O–H groups in total. The van der Waals surface area contributed by atoms with Gasteiger partial charge in [-0.05, 0) is 24.7 Å². The zero-order valence-electron chi connectivity index (χ0n) is 11.9. The Kier molecular flexibility index (Phi) is 3.97. The van der Waals surface area contributed by atoms with Gasteiger partial charge in [0.25, 0.3) is 0 Å². The van der Waals surface area contributed by atoms with E-state index in [0.29, 0.717) is 17.6 Å². The van der Waals surface area contributed by atoms with Crippen molar-refractivity contribution < 1.29 is 4.52 Å². The highest BCUT2D eigenvalue weighted by atomic mass is 16.5. The van der Waals surface area contributed by atoms with E-state index in [1.807, 2.05) is 13.8 Å². The molecule has 4 nitrogen and oxygen atoms in total. The number of hydrogen-bond acceptors (Lipinski definition) is 4. The van der Waals surface area contributed by atoms with Gasteiger partial charge in [-0.2, -0.15) is 4.98 Å². The van der Waals surface area contributed by atoms with Gasteiger partial charge in [0.1, 0.15) is 0 Å². The molecule has 0 aliphatic rings. The van der Waals surface area contributed by atoms with Gasteiger partial charge in [0, 0.05) is 6.42 Å². The fourth-order valence-corrected chi connectivity index (χ4v) is 1.30. The summed E-state index contributed by atoms with van der Waals surface area (Å²) in [7, 11) is 0. The minimum absolute atomic E-state index is 0.241. The van der Waals surface area contributed by atoms with Gasteiger partial charge in [-0.3, -0.25) is 0 Å². The van der Waals surface area contributed by atoms with Crippen LogP contribution in [0.15, 0.2) is 4.52 Å². The van der Waals surface area contributed by atoms with E-state index in [9.17, 15) is 0 Å². The minimum atomic E-state index is -0.493. The molecule has 2 unspecified atom stereocenters. The second-order valence-electron chi connectivity index (χ2n) is 6.25. The molecule has 1 aromatic rings. The molecule has 0 bridgehead atoms. The van der Waals surface area contributed by atoms with Crippen molar-refractivity contribution in [2.45, 2.75) is 59.9 Å². The number of rotatable bonds is 4. The second kappa shape index (κ2) is 4.77. The largest absolute Gasteiger partial charge is 0.339 e. The zero-order valence-corrected chi connectivity index (χ0v) is 11.9. The van der Waals surface area contributed by atoms with Crippen molar-refractivity contribution in [3.8, 4) is 0 Å². The highest BCUT2D eigenvalue weighted by Gasteiger charge is 2.27. The Balaban J connectivity index is 2.76. The highest BCUT2D eigenvalue weighted by Crippen LogP contribution is 2.28. The molecule has 1 aromatic heterocycles. The Morgan fingerprint density at radius 1 is 1.29 bits per heavy atom. The molecule has 4 heteroatoms. The van der Waals surface area contributed by atoms with Crippen LogP contribution in [-0.2, 0) is 12.0 Å². The third-order valence-electron chi connectivity index (χ3n) is 3.67. The van der Waals surface area contributed by atoms with Gasteiger partial charge >= 0.3 is 0 Å². The summed E-state index contributed by atoms with van der Waals surface area (Å²) in [4.78, 5) is 4.40. The quantitative estimate of drug-likeness (QED) is 0.877. The molecule has 0 saturated heterocycles. The molecule has 17 heavy (non-hydrogen) atoms. The van der Waals surface area contributed by atoms with E-state index >= 15 is 0 Å². The lowest BCUT2D eigenvalue weighted by molar-refractivity contribution is 0.236. The standard InChI is InChI=1S/C13H25N3O/c1-7-13(6,14)11-15-10(17-16-11)8-9(2)12(3,4)5/h9H,7-8,14H2,1-6H3. The van der Waals surface area contributed by atoms with E-state index in [0.717, 1.165) is 12.8 Å². The van der Waals surface area contributed by atoms with Crippen LogP contribution >= 0.6 is 0 Å². The summed E-state index contributed by atoms with van der Waals surface area (Å²) in [6.07, 6.45) is 1.59. The van der Waals surface area contributed by atoms with Crippen LogP contribution in [0.25, 0.3) is 0 Å². The minimum Gasteiger partial charge on any atom is -0.339 e. The van der Waals surface area contributed by atoms with E-state index in [2.05, 4.69) is 37.8 Å². The Morgan fingerprint density at radius 2 is 1.88 bits per heavy atom. The lowest BCUT2D eigenvalue weighted by atomic mass is 9.80. The molecular weight excluding hydrogens is 214 g/mol. The van der Waals surface area contributed by atoms with Gasteiger partial charge in [0.2, 0.25) is 5.89 Å². The van der Waals surface area contributed by atoms with E-state index < -0.39 is 5.54 Å². The van der Waals surface area contributed by atoms with Crippen molar-refractivity contribution in [2.24, 2.45) is 17.1 Å². The monoisotopic (exact) mass is 239 g/mol. The average molecular weight is 239 g/mol. The topological polar surface area (TPSA) is 64.9 Å². The van der Waals surface area contributed by atoms with Crippen LogP contribution in [0.5, 0.6) is 0 Å². The number of aromatic nitrogens is 2. The van der Waals surface area contributed by atoms with Gasteiger partial charge in [0.05, 0.1) is 5.54 Å². The van der Waals surface area contributed by atoms with Crippen LogP contribution in [0.1, 0.15) is 59.7 Å². The predicted molar refractivity (Wildman–Crippen MR) is 68.5 cm³/mol. The third-order valence-corrected chi connectivity index (χ3v) is 3.67. The molecule has 1 heterocycles. The first kappa shape index (κ1) is 14.2. The molecule has 0 radical (unpaired) electrons. The fraction of sp³-hybridized carbons (Fsp3) is 0.846. The molecule has 0 fully saturated rings. The summed E-state index contributed by atoms with van der Waals surface area (Å²) in [5.41, 5.74) is 5.83. The molecule has 0 aromatic carbocycles. The van der Waals surface area contributed by atoms with Gasteiger partial charge in [-0.25, -0.2) is 0 Å². The maximum atomic E-state index is 6.08. The number of nitrogens with zero attached hydrogens (tertiary/aromatic N) is 2. The van der Waals surface area contributed by atoms with E-state index in [1.54, 1.807) is 0 Å². The van der Waals surface area contributed by atoms with Crippen molar-refractivity contribution in [2.75, 3.05) is 0 Å². The zero-order chi connectivity index (χ0) is 13.3. The van der Waals surface area contributed by atoms with Crippen molar-refractivity contribution in [3.63, 3.8) is 0 Å². The molecular formula is C13H25N3O. The first-order valence-electron chi connectivity index (χ1n) is 6.28. The molecule has 0 amide bonds. The maximum Gasteiger partial charge on any atom is 0.227 e. The summed E-state index contributed by atoms with van der Waals surface area (Å²) in [6, 6.07) is 0. The van der Waals surface area contributed by atoms with E-state index in [4.69, 9.17) is 10.3 Å². The van der Waals surface area contributed by atoms with E-state index in [1.165, 1.54) is 0 Å². The van der Waals surface area contributed by atoms with Gasteiger partial charge in [-0.15, -0.1) is 0 Å². The first-order valence-corrected chi connectivity index (χ1v) is 6.28. The summed E-state index contributed by atoms with van der Waals surface area (Å²) in [5.74, 6) is 1.78. The summed E-state index contributed by atoms with van der Waals surface area (Å²) in [5, 5.41) is 3.98. The first-order chi connectivity index (χ1) is 7.66. The fourth-order valence-electron chi connectivity index (χ4n) is 1.30. The van der Waals surface area contributed by atoms with Crippen molar-refractivity contribution in [1.82, 2.24) is 10.1 Å². The molecule has 0 spiro atoms. The molecule has 98 valence electrons. The number of hydrogen-bond donors (Lipinski definition) is 1. The summed E-state index contributed by atoms with van der Waals surface area (Å²) >= 11 is 0. The smallest absolute Gasteiger partial charge is 0.227 e. The molecule has 1 rings (SSSR count). The Labute approximate surface area is 104 Å². The summed E-state index contributed by atoms with van der Waals surface area (Å²) in [6.45, 7) is 12.8. The normalized spacial score (nSPS) is 17.8. The Morgan fingerprint density at radius 3 is 2.35 bits per heavy atom. The van der Waals surface area contributed by atoms with Crippen molar-refractivity contribution in [3.05, 3.63) is 11.7 Å². The number of nitrogens with two attached hydrogens (primary N) is 1. The van der Waals surface area contributed by atoms with Gasteiger partial charge in [0.15, 0.2) is 5.82 Å². The van der Waals surface area contributed by atoms with Crippen molar-refractivity contribution in [1.29, 1.82) is 0 Å². The van der Waals surface area contributed by atoms with Crippen LogP contribution in [0.2, 0.25) is 0 Å². The average Bonchev–Trinajstić information content (AvgIpc) is 2.65. The lowest BCUT2D eigenvalue weighted by Gasteiger charge is -2.25. The summed E-state index contributed by atoms with van der Waals surface area (Å²) < 4.78 is 5.28. The Hall–Kier alpha value is -0.900. The molecule has 2 atom stereocenters. The van der Waals surface area contributed by atoms with Gasteiger partial charge in [-0.1, -0.05) is 39.8 Å². The van der Waals surface area contributed by atoms with Crippen LogP contribution in [0.4, 0.5) is 0 Å². The lowest BCUT2D eigenvalue weighted by Crippen LogP contribution is -2.33. The SMILES string of the molecule is CCC(C)(N)c1noc(CC(C)C(C)(C)C)n1. The molecule has 0 saturated carbocycles. The molecule has 0 aliphatic carbocycles. The van der Waals surface area contributed by atoms with Crippen molar-refractivity contribution >= 4 is 0 Å². The van der Waals surface area contributed by atoms with Crippen LogP contribution in [-0.4, -0.2) is 10.1 Å². The highest BCUT2D eigenvalue weighted by molar-refractivity contribution is 5.01. The van der Waals surface area contributed by atoms with E-state index in [-0.39, 0.29) is 5.41 Å².